The van der Waals surface area contributed by atoms with E-state index in [2.05, 4.69) is 10.2 Å². The fourth-order valence-corrected chi connectivity index (χ4v) is 6.78. The van der Waals surface area contributed by atoms with E-state index in [1.165, 1.54) is 22.7 Å². The van der Waals surface area contributed by atoms with Crippen LogP contribution in [0.5, 0.6) is 5.75 Å². The number of aryl methyl sites for hydroxylation is 1. The molecule has 7 nitrogen and oxygen atoms in total. The highest BCUT2D eigenvalue weighted by atomic mass is 32.2. The van der Waals surface area contributed by atoms with E-state index in [0.29, 0.717) is 39.1 Å². The number of hydrogen-bond donors (Lipinski definition) is 1. The Labute approximate surface area is 261 Å². The molecule has 1 unspecified atom stereocenters. The number of carbonyl (C=O) groups excluding carboxylic acids is 2. The minimum absolute atomic E-state index is 0.0506. The van der Waals surface area contributed by atoms with Gasteiger partial charge in [0, 0.05) is 11.3 Å². The molecule has 1 aliphatic rings. The van der Waals surface area contributed by atoms with E-state index in [4.69, 9.17) is 4.74 Å². The summed E-state index contributed by atoms with van der Waals surface area (Å²) in [6.07, 6.45) is 0. The number of nitrogens with zero attached hydrogens (tertiary/aromatic N) is 3. The Morgan fingerprint density at radius 2 is 1.70 bits per heavy atom. The summed E-state index contributed by atoms with van der Waals surface area (Å²) in [5, 5.41) is 20.0. The first kappa shape index (κ1) is 29.3. The average molecular weight is 624 g/mol. The molecular weight excluding hydrogens is 598 g/mol. The number of Topliss-reactive ketones (excluding diaryl/α,β-unsaturated/α-hetero) is 1. The van der Waals surface area contributed by atoms with Crippen LogP contribution in [0.25, 0.3) is 5.76 Å². The van der Waals surface area contributed by atoms with Crippen LogP contribution in [0.15, 0.2) is 113 Å². The lowest BCUT2D eigenvalue weighted by atomic mass is 9.95. The van der Waals surface area contributed by atoms with Crippen molar-refractivity contribution in [3.05, 3.63) is 142 Å². The SMILES string of the molecule is Cc1cccc(COc2ccc(/C(O)=C3\C(=O)C(=O)N(c4nnc(SCc5ccccc5F)s4)C3c3ccccc3)cc2)c1. The molecule has 44 heavy (non-hydrogen) atoms. The third-order valence-electron chi connectivity index (χ3n) is 7.09. The summed E-state index contributed by atoms with van der Waals surface area (Å²) in [6.45, 7) is 2.40. The Morgan fingerprint density at radius 1 is 0.955 bits per heavy atom. The van der Waals surface area contributed by atoms with Gasteiger partial charge < -0.3 is 9.84 Å². The molecule has 0 radical (unpaired) electrons. The molecule has 1 atom stereocenters. The topological polar surface area (TPSA) is 92.6 Å². The standard InChI is InChI=1S/C34H26FN3O4S2/c1-21-8-7-9-22(18-21)19-42-26-16-14-24(15-17-26)30(39)28-29(23-10-3-2-4-11-23)38(32(41)31(28)40)33-36-37-34(44-33)43-20-25-12-5-6-13-27(25)35/h2-18,29,39H,19-20H2,1H3/b30-28+. The Bertz CT molecular complexity index is 1860. The van der Waals surface area contributed by atoms with Gasteiger partial charge in [-0.15, -0.1) is 10.2 Å². The molecule has 0 bridgehead atoms. The van der Waals surface area contributed by atoms with Crippen molar-refractivity contribution in [3.63, 3.8) is 0 Å². The fourth-order valence-electron chi connectivity index (χ4n) is 4.93. The molecule has 1 fully saturated rings. The number of aliphatic hydroxyl groups excluding tert-OH is 1. The molecule has 6 rings (SSSR count). The Hall–Kier alpha value is -4.80. The number of aromatic nitrogens is 2. The van der Waals surface area contributed by atoms with Crippen LogP contribution >= 0.6 is 23.1 Å². The number of benzene rings is 4. The van der Waals surface area contributed by atoms with Crippen molar-refractivity contribution in [2.75, 3.05) is 4.90 Å². The number of ether oxygens (including phenoxy) is 1. The second-order valence-electron chi connectivity index (χ2n) is 10.1. The molecule has 10 heteroatoms. The molecule has 1 saturated heterocycles. The zero-order valence-corrected chi connectivity index (χ0v) is 25.1. The molecule has 1 N–H and O–H groups in total. The van der Waals surface area contributed by atoms with Gasteiger partial charge in [0.25, 0.3) is 5.78 Å². The first-order valence-electron chi connectivity index (χ1n) is 13.7. The van der Waals surface area contributed by atoms with Crippen LogP contribution in [-0.4, -0.2) is 27.0 Å². The van der Waals surface area contributed by atoms with Gasteiger partial charge in [-0.3, -0.25) is 14.5 Å². The number of amides is 1. The number of halogens is 1. The number of thioether (sulfide) groups is 1. The molecule has 1 aliphatic heterocycles. The number of ketones is 1. The quantitative estimate of drug-likeness (QED) is 0.0598. The number of anilines is 1. The molecule has 5 aromatic rings. The average Bonchev–Trinajstić information content (AvgIpc) is 3.61. The third kappa shape index (κ3) is 6.13. The van der Waals surface area contributed by atoms with Crippen LogP contribution in [-0.2, 0) is 21.9 Å². The minimum Gasteiger partial charge on any atom is -0.507 e. The minimum atomic E-state index is -0.925. The molecule has 2 heterocycles. The first-order chi connectivity index (χ1) is 21.4. The van der Waals surface area contributed by atoms with Crippen LogP contribution in [0.4, 0.5) is 9.52 Å². The van der Waals surface area contributed by atoms with Crippen molar-refractivity contribution in [3.8, 4) is 5.75 Å². The predicted molar refractivity (Wildman–Crippen MR) is 169 cm³/mol. The molecule has 1 amide bonds. The summed E-state index contributed by atoms with van der Waals surface area (Å²) < 4.78 is 20.5. The van der Waals surface area contributed by atoms with E-state index < -0.39 is 17.7 Å². The lowest BCUT2D eigenvalue weighted by Gasteiger charge is -2.22. The number of carbonyl (C=O) groups is 2. The van der Waals surface area contributed by atoms with Crippen LogP contribution in [0.3, 0.4) is 0 Å². The van der Waals surface area contributed by atoms with E-state index in [0.717, 1.165) is 22.5 Å². The summed E-state index contributed by atoms with van der Waals surface area (Å²) in [5.74, 6) is -1.34. The van der Waals surface area contributed by atoms with Crippen LogP contribution in [0.1, 0.15) is 33.9 Å². The maximum Gasteiger partial charge on any atom is 0.301 e. The molecule has 220 valence electrons. The fraction of sp³-hybridized carbons (Fsp3) is 0.118. The summed E-state index contributed by atoms with van der Waals surface area (Å²) in [7, 11) is 0. The largest absolute Gasteiger partial charge is 0.507 e. The van der Waals surface area contributed by atoms with Gasteiger partial charge in [-0.25, -0.2) is 4.39 Å². The molecule has 0 spiro atoms. The lowest BCUT2D eigenvalue weighted by Crippen LogP contribution is -2.29. The zero-order valence-electron chi connectivity index (χ0n) is 23.5. The van der Waals surface area contributed by atoms with E-state index in [-0.39, 0.29) is 22.3 Å². The van der Waals surface area contributed by atoms with Crippen molar-refractivity contribution in [2.24, 2.45) is 0 Å². The van der Waals surface area contributed by atoms with Crippen LogP contribution < -0.4 is 9.64 Å². The summed E-state index contributed by atoms with van der Waals surface area (Å²) in [4.78, 5) is 28.2. The highest BCUT2D eigenvalue weighted by Gasteiger charge is 2.48. The highest BCUT2D eigenvalue weighted by molar-refractivity contribution is 8.00. The van der Waals surface area contributed by atoms with Crippen LogP contribution in [0.2, 0.25) is 0 Å². The van der Waals surface area contributed by atoms with Gasteiger partial charge >= 0.3 is 5.91 Å². The predicted octanol–water partition coefficient (Wildman–Crippen LogP) is 7.48. The van der Waals surface area contributed by atoms with Gasteiger partial charge in [-0.1, -0.05) is 101 Å². The van der Waals surface area contributed by atoms with E-state index in [1.807, 2.05) is 37.3 Å². The maximum absolute atomic E-state index is 14.1. The third-order valence-corrected chi connectivity index (χ3v) is 9.19. The van der Waals surface area contributed by atoms with E-state index >= 15 is 0 Å². The highest BCUT2D eigenvalue weighted by Crippen LogP contribution is 2.44. The number of hydrogen-bond acceptors (Lipinski definition) is 8. The summed E-state index contributed by atoms with van der Waals surface area (Å²) in [6, 6.07) is 29.3. The van der Waals surface area contributed by atoms with Crippen molar-refractivity contribution < 1.29 is 23.8 Å². The van der Waals surface area contributed by atoms with E-state index in [1.54, 1.807) is 66.7 Å². The van der Waals surface area contributed by atoms with Gasteiger partial charge in [-0.05, 0) is 53.9 Å². The van der Waals surface area contributed by atoms with Crippen molar-refractivity contribution in [1.82, 2.24) is 10.2 Å². The number of rotatable bonds is 9. The molecular formula is C34H26FN3O4S2. The van der Waals surface area contributed by atoms with Gasteiger partial charge in [0.15, 0.2) is 4.34 Å². The summed E-state index contributed by atoms with van der Waals surface area (Å²) >= 11 is 2.41. The van der Waals surface area contributed by atoms with E-state index in [9.17, 15) is 19.1 Å². The lowest BCUT2D eigenvalue weighted by molar-refractivity contribution is -0.132. The normalized spacial score (nSPS) is 16.0. The maximum atomic E-state index is 14.1. The Morgan fingerprint density at radius 3 is 2.45 bits per heavy atom. The zero-order chi connectivity index (χ0) is 30.6. The van der Waals surface area contributed by atoms with Gasteiger partial charge in [-0.2, -0.15) is 0 Å². The van der Waals surface area contributed by atoms with Gasteiger partial charge in [0.1, 0.15) is 23.9 Å². The summed E-state index contributed by atoms with van der Waals surface area (Å²) in [5.41, 5.74) is 3.63. The monoisotopic (exact) mass is 623 g/mol. The molecule has 4 aromatic carbocycles. The van der Waals surface area contributed by atoms with Gasteiger partial charge in [0.05, 0.1) is 11.6 Å². The molecule has 1 aromatic heterocycles. The first-order valence-corrected chi connectivity index (χ1v) is 15.5. The van der Waals surface area contributed by atoms with Crippen molar-refractivity contribution in [2.45, 2.75) is 29.7 Å². The molecule has 0 saturated carbocycles. The van der Waals surface area contributed by atoms with Gasteiger partial charge in [0.2, 0.25) is 5.13 Å². The second kappa shape index (κ2) is 12.8. The Balaban J connectivity index is 1.28. The van der Waals surface area contributed by atoms with Crippen molar-refractivity contribution >= 4 is 45.7 Å². The van der Waals surface area contributed by atoms with Crippen molar-refractivity contribution in [1.29, 1.82) is 0 Å². The Kier molecular flexibility index (Phi) is 8.53. The number of aliphatic hydroxyl groups is 1. The second-order valence-corrected chi connectivity index (χ2v) is 12.3. The smallest absolute Gasteiger partial charge is 0.301 e. The van der Waals surface area contributed by atoms with Crippen LogP contribution in [0, 0.1) is 12.7 Å². The molecule has 0 aliphatic carbocycles.